The van der Waals surface area contributed by atoms with Gasteiger partial charge in [0.25, 0.3) is 0 Å². The van der Waals surface area contributed by atoms with E-state index in [1.807, 2.05) is 36.4 Å². The van der Waals surface area contributed by atoms with Crippen molar-refractivity contribution in [1.29, 1.82) is 0 Å². The number of nitrogens with one attached hydrogen (secondary N) is 2. The molecule has 0 aliphatic heterocycles. The van der Waals surface area contributed by atoms with Crippen LogP contribution >= 0.6 is 0 Å². The Kier molecular flexibility index (Phi) is 5.79. The van der Waals surface area contributed by atoms with Crippen LogP contribution in [0.15, 0.2) is 67.0 Å². The van der Waals surface area contributed by atoms with Gasteiger partial charge in [0.15, 0.2) is 0 Å². The van der Waals surface area contributed by atoms with Crippen LogP contribution in [0.5, 0.6) is 5.75 Å². The van der Waals surface area contributed by atoms with Gasteiger partial charge in [-0.2, -0.15) is 5.10 Å². The van der Waals surface area contributed by atoms with Gasteiger partial charge in [0.1, 0.15) is 5.75 Å². The van der Waals surface area contributed by atoms with Gasteiger partial charge in [0, 0.05) is 18.4 Å². The van der Waals surface area contributed by atoms with Crippen molar-refractivity contribution in [3.8, 4) is 11.4 Å². The highest BCUT2D eigenvalue weighted by molar-refractivity contribution is 6.39. The van der Waals surface area contributed by atoms with Crippen molar-refractivity contribution >= 4 is 17.5 Å². The van der Waals surface area contributed by atoms with E-state index in [2.05, 4.69) is 15.7 Å². The first-order chi connectivity index (χ1) is 14.6. The Labute approximate surface area is 175 Å². The van der Waals surface area contributed by atoms with Crippen LogP contribution in [0.4, 0.5) is 5.69 Å². The molecule has 0 spiro atoms. The molecular weight excluding hydrogens is 380 g/mol. The fraction of sp³-hybridized carbons (Fsp3) is 0.261. The van der Waals surface area contributed by atoms with Gasteiger partial charge in [-0.3, -0.25) is 9.59 Å². The van der Waals surface area contributed by atoms with Crippen LogP contribution in [0.2, 0.25) is 0 Å². The van der Waals surface area contributed by atoms with Crippen molar-refractivity contribution in [2.24, 2.45) is 5.92 Å². The summed E-state index contributed by atoms with van der Waals surface area (Å²) in [6.45, 7) is 0. The Bertz CT molecular complexity index is 1030. The van der Waals surface area contributed by atoms with Crippen LogP contribution in [0.1, 0.15) is 18.4 Å². The predicted octanol–water partition coefficient (Wildman–Crippen LogP) is 2.96. The number of nitrogens with zero attached hydrogens (tertiary/aromatic N) is 2. The van der Waals surface area contributed by atoms with E-state index in [-0.39, 0.29) is 6.04 Å². The van der Waals surface area contributed by atoms with E-state index in [9.17, 15) is 9.59 Å². The fourth-order valence-corrected chi connectivity index (χ4v) is 3.49. The maximum atomic E-state index is 12.6. The number of amides is 2. The maximum absolute atomic E-state index is 12.6. The molecule has 154 valence electrons. The summed E-state index contributed by atoms with van der Waals surface area (Å²) in [6, 6.07) is 16.7. The number of carbonyl (C=O) groups excluding carboxylic acids is 2. The molecule has 1 heterocycles. The van der Waals surface area contributed by atoms with Crippen LogP contribution in [0.25, 0.3) is 5.69 Å². The third kappa shape index (κ3) is 4.68. The van der Waals surface area contributed by atoms with Crippen molar-refractivity contribution < 1.29 is 14.3 Å². The van der Waals surface area contributed by atoms with Crippen molar-refractivity contribution in [2.75, 3.05) is 12.4 Å². The Morgan fingerprint density at radius 1 is 1.13 bits per heavy atom. The molecule has 7 heteroatoms. The maximum Gasteiger partial charge on any atom is 0.313 e. The van der Waals surface area contributed by atoms with E-state index in [1.54, 1.807) is 42.4 Å². The second-order valence-corrected chi connectivity index (χ2v) is 7.39. The van der Waals surface area contributed by atoms with Crippen LogP contribution in [-0.2, 0) is 16.0 Å². The van der Waals surface area contributed by atoms with Gasteiger partial charge in [0.2, 0.25) is 0 Å². The third-order valence-corrected chi connectivity index (χ3v) is 5.21. The summed E-state index contributed by atoms with van der Waals surface area (Å²) >= 11 is 0. The molecule has 1 aliphatic carbocycles. The fourth-order valence-electron chi connectivity index (χ4n) is 3.49. The lowest BCUT2D eigenvalue weighted by molar-refractivity contribution is -0.136. The number of hydrogen-bond acceptors (Lipinski definition) is 4. The van der Waals surface area contributed by atoms with E-state index in [0.29, 0.717) is 23.7 Å². The number of rotatable bonds is 7. The van der Waals surface area contributed by atoms with Gasteiger partial charge >= 0.3 is 11.8 Å². The van der Waals surface area contributed by atoms with Crippen LogP contribution < -0.4 is 15.4 Å². The first kappa shape index (κ1) is 19.7. The summed E-state index contributed by atoms with van der Waals surface area (Å²) in [7, 11) is 1.63. The summed E-state index contributed by atoms with van der Waals surface area (Å²) in [5.41, 5.74) is 2.28. The molecule has 0 unspecified atom stereocenters. The average molecular weight is 404 g/mol. The zero-order valence-corrected chi connectivity index (χ0v) is 16.7. The van der Waals surface area contributed by atoms with Gasteiger partial charge in [-0.15, -0.1) is 0 Å². The molecule has 0 saturated heterocycles. The normalized spacial score (nSPS) is 14.0. The highest BCUT2D eigenvalue weighted by Gasteiger charge is 2.33. The topological polar surface area (TPSA) is 85.2 Å². The van der Waals surface area contributed by atoms with Crippen molar-refractivity contribution in [3.05, 3.63) is 72.6 Å². The van der Waals surface area contributed by atoms with E-state index < -0.39 is 11.8 Å². The van der Waals surface area contributed by atoms with E-state index in [1.165, 1.54) is 0 Å². The number of ether oxygens (including phenoxy) is 1. The summed E-state index contributed by atoms with van der Waals surface area (Å²) < 4.78 is 6.92. The van der Waals surface area contributed by atoms with Gasteiger partial charge in [0.05, 0.1) is 18.5 Å². The van der Waals surface area contributed by atoms with Crippen LogP contribution in [0.3, 0.4) is 0 Å². The first-order valence-electron chi connectivity index (χ1n) is 9.98. The lowest BCUT2D eigenvalue weighted by Crippen LogP contribution is -2.44. The second-order valence-electron chi connectivity index (χ2n) is 7.39. The van der Waals surface area contributed by atoms with Crippen LogP contribution in [-0.4, -0.2) is 34.7 Å². The SMILES string of the molecule is COc1cccc(C[C@@H](NC(=O)C(=O)Nc2ccccc2-n2cccn2)C2CC2)c1. The molecule has 1 fully saturated rings. The van der Waals surface area contributed by atoms with Gasteiger partial charge < -0.3 is 15.4 Å². The van der Waals surface area contributed by atoms with Crippen LogP contribution in [0, 0.1) is 5.92 Å². The van der Waals surface area contributed by atoms with Crippen molar-refractivity contribution in [3.63, 3.8) is 0 Å². The molecule has 1 atom stereocenters. The second kappa shape index (κ2) is 8.82. The quantitative estimate of drug-likeness (QED) is 0.593. The molecule has 1 aliphatic rings. The number of aromatic nitrogens is 2. The summed E-state index contributed by atoms with van der Waals surface area (Å²) in [4.78, 5) is 25.2. The molecule has 3 aromatic rings. The van der Waals surface area contributed by atoms with Gasteiger partial charge in [-0.25, -0.2) is 4.68 Å². The van der Waals surface area contributed by atoms with Gasteiger partial charge in [-0.1, -0.05) is 24.3 Å². The summed E-state index contributed by atoms with van der Waals surface area (Å²) in [5.74, 6) is -0.151. The summed E-state index contributed by atoms with van der Waals surface area (Å²) in [5, 5.41) is 9.83. The minimum atomic E-state index is -0.689. The number of anilines is 1. The van der Waals surface area contributed by atoms with Crippen molar-refractivity contribution in [1.82, 2.24) is 15.1 Å². The van der Waals surface area contributed by atoms with E-state index in [0.717, 1.165) is 24.2 Å². The molecular formula is C23H24N4O3. The zero-order valence-electron chi connectivity index (χ0n) is 16.7. The molecule has 1 saturated carbocycles. The number of para-hydroxylation sites is 2. The largest absolute Gasteiger partial charge is 0.497 e. The van der Waals surface area contributed by atoms with Gasteiger partial charge in [-0.05, 0) is 61.1 Å². The minimum Gasteiger partial charge on any atom is -0.497 e. The smallest absolute Gasteiger partial charge is 0.313 e. The Hall–Kier alpha value is -3.61. The molecule has 2 aromatic carbocycles. The zero-order chi connectivity index (χ0) is 20.9. The lowest BCUT2D eigenvalue weighted by Gasteiger charge is -2.19. The lowest BCUT2D eigenvalue weighted by atomic mass is 10.0. The predicted molar refractivity (Wildman–Crippen MR) is 114 cm³/mol. The Morgan fingerprint density at radius 3 is 2.70 bits per heavy atom. The molecule has 30 heavy (non-hydrogen) atoms. The van der Waals surface area contributed by atoms with E-state index >= 15 is 0 Å². The standard InChI is InChI=1S/C23H24N4O3/c1-30-18-7-4-6-16(14-18)15-20(17-10-11-17)26-23(29)22(28)25-19-8-2-3-9-21(19)27-13-5-12-24-27/h2-9,12-14,17,20H,10-11,15H2,1H3,(H,25,28)(H,26,29)/t20-/m1/s1. The first-order valence-corrected chi connectivity index (χ1v) is 9.98. The number of methoxy groups -OCH3 is 1. The molecule has 0 bridgehead atoms. The summed E-state index contributed by atoms with van der Waals surface area (Å²) in [6.07, 6.45) is 6.20. The molecule has 7 nitrogen and oxygen atoms in total. The molecule has 4 rings (SSSR count). The molecule has 2 N–H and O–H groups in total. The van der Waals surface area contributed by atoms with Crippen molar-refractivity contribution in [2.45, 2.75) is 25.3 Å². The third-order valence-electron chi connectivity index (χ3n) is 5.21. The highest BCUT2D eigenvalue weighted by Crippen LogP contribution is 2.34. The Morgan fingerprint density at radius 2 is 1.97 bits per heavy atom. The Balaban J connectivity index is 1.43. The molecule has 2 amide bonds. The highest BCUT2D eigenvalue weighted by atomic mass is 16.5. The monoisotopic (exact) mass is 404 g/mol. The molecule has 1 aromatic heterocycles. The minimum absolute atomic E-state index is 0.0864. The van der Waals surface area contributed by atoms with E-state index in [4.69, 9.17) is 4.74 Å². The molecule has 0 radical (unpaired) electrons. The average Bonchev–Trinajstić information content (AvgIpc) is 3.48. The number of hydrogen-bond donors (Lipinski definition) is 2. The number of benzene rings is 2. The number of carbonyl (C=O) groups is 2.